The summed E-state index contributed by atoms with van der Waals surface area (Å²) in [5.41, 5.74) is 2.98. The zero-order valence-corrected chi connectivity index (χ0v) is 15.6. The molecule has 1 atom stereocenters. The minimum absolute atomic E-state index is 0.0660. The Balaban J connectivity index is 1.69. The molecule has 0 spiro atoms. The Labute approximate surface area is 154 Å². The van der Waals surface area contributed by atoms with Crippen molar-refractivity contribution < 1.29 is 13.2 Å². The molecule has 6 nitrogen and oxygen atoms in total. The summed E-state index contributed by atoms with van der Waals surface area (Å²) in [6, 6.07) is 13.3. The maximum atomic E-state index is 12.5. The average Bonchev–Trinajstić information content (AvgIpc) is 2.61. The van der Waals surface area contributed by atoms with Crippen molar-refractivity contribution >= 4 is 15.9 Å². The minimum Gasteiger partial charge on any atom is -0.348 e. The zero-order valence-electron chi connectivity index (χ0n) is 14.8. The molecular weight excluding hydrogens is 350 g/mol. The number of carbonyl (C=O) groups is 1. The molecule has 3 rings (SSSR count). The van der Waals surface area contributed by atoms with Crippen molar-refractivity contribution in [2.45, 2.75) is 31.8 Å². The number of fused-ring (bicyclic) bond motifs is 1. The number of benzene rings is 1. The highest BCUT2D eigenvalue weighted by Crippen LogP contribution is 2.29. The van der Waals surface area contributed by atoms with Crippen LogP contribution in [0.5, 0.6) is 0 Å². The minimum atomic E-state index is -3.53. The van der Waals surface area contributed by atoms with E-state index in [0.29, 0.717) is 5.69 Å². The van der Waals surface area contributed by atoms with Crippen molar-refractivity contribution in [3.8, 4) is 0 Å². The molecule has 26 heavy (non-hydrogen) atoms. The summed E-state index contributed by atoms with van der Waals surface area (Å²) < 4.78 is 25.3. The Kier molecular flexibility index (Phi) is 5.68. The summed E-state index contributed by atoms with van der Waals surface area (Å²) in [4.78, 5) is 16.7. The van der Waals surface area contributed by atoms with Gasteiger partial charge in [0.05, 0.1) is 31.1 Å². The number of aryl methyl sites for hydroxylation is 1. The van der Waals surface area contributed by atoms with E-state index in [9.17, 15) is 13.2 Å². The molecule has 138 valence electrons. The molecule has 1 amide bonds. The van der Waals surface area contributed by atoms with E-state index in [1.54, 1.807) is 24.4 Å². The summed E-state index contributed by atoms with van der Waals surface area (Å²) in [6.07, 6.45) is 5.60. The Morgan fingerprint density at radius 3 is 2.73 bits per heavy atom. The van der Waals surface area contributed by atoms with E-state index in [1.165, 1.54) is 5.56 Å². The number of sulfonamides is 1. The SMILES string of the molecule is CS(=O)(=O)N(CC(=O)N[C@H]1CCCc2ccccc21)Cc1ccccn1. The van der Waals surface area contributed by atoms with Crippen molar-refractivity contribution in [2.75, 3.05) is 12.8 Å². The van der Waals surface area contributed by atoms with Crippen molar-refractivity contribution in [3.05, 3.63) is 65.5 Å². The Hall–Kier alpha value is -2.25. The molecule has 1 aromatic heterocycles. The molecule has 0 unspecified atom stereocenters. The smallest absolute Gasteiger partial charge is 0.235 e. The first kappa shape index (κ1) is 18.5. The van der Waals surface area contributed by atoms with Crippen LogP contribution in [-0.4, -0.2) is 36.4 Å². The van der Waals surface area contributed by atoms with Gasteiger partial charge in [-0.3, -0.25) is 9.78 Å². The van der Waals surface area contributed by atoms with Crippen LogP contribution in [0.25, 0.3) is 0 Å². The third kappa shape index (κ3) is 4.68. The van der Waals surface area contributed by atoms with Gasteiger partial charge in [0.15, 0.2) is 0 Å². The third-order valence-electron chi connectivity index (χ3n) is 4.56. The molecule has 0 saturated carbocycles. The molecule has 1 aliphatic carbocycles. The highest BCUT2D eigenvalue weighted by molar-refractivity contribution is 7.88. The fourth-order valence-electron chi connectivity index (χ4n) is 3.27. The molecule has 1 heterocycles. The van der Waals surface area contributed by atoms with Crippen molar-refractivity contribution in [2.24, 2.45) is 0 Å². The first-order chi connectivity index (χ1) is 12.4. The summed E-state index contributed by atoms with van der Waals surface area (Å²) in [5, 5.41) is 3.00. The number of nitrogens with zero attached hydrogens (tertiary/aromatic N) is 2. The average molecular weight is 373 g/mol. The molecule has 0 saturated heterocycles. The van der Waals surface area contributed by atoms with Gasteiger partial charge in [0, 0.05) is 6.20 Å². The van der Waals surface area contributed by atoms with E-state index in [1.807, 2.05) is 18.2 Å². The van der Waals surface area contributed by atoms with E-state index < -0.39 is 10.0 Å². The van der Waals surface area contributed by atoms with Crippen LogP contribution in [0, 0.1) is 0 Å². The molecule has 0 bridgehead atoms. The van der Waals surface area contributed by atoms with Gasteiger partial charge in [-0.25, -0.2) is 8.42 Å². The van der Waals surface area contributed by atoms with Gasteiger partial charge in [-0.2, -0.15) is 4.31 Å². The molecule has 1 aromatic carbocycles. The van der Waals surface area contributed by atoms with Gasteiger partial charge in [-0.05, 0) is 42.5 Å². The number of pyridine rings is 1. The molecule has 2 aromatic rings. The molecule has 0 radical (unpaired) electrons. The monoisotopic (exact) mass is 373 g/mol. The second-order valence-electron chi connectivity index (χ2n) is 6.56. The van der Waals surface area contributed by atoms with Crippen molar-refractivity contribution in [1.29, 1.82) is 0 Å². The second kappa shape index (κ2) is 7.97. The Morgan fingerprint density at radius 1 is 1.23 bits per heavy atom. The number of rotatable bonds is 6. The zero-order chi connectivity index (χ0) is 18.6. The van der Waals surface area contributed by atoms with Gasteiger partial charge in [0.25, 0.3) is 0 Å². The normalized spacial score (nSPS) is 16.9. The Bertz CT molecular complexity index is 869. The molecule has 1 aliphatic rings. The van der Waals surface area contributed by atoms with Crippen molar-refractivity contribution in [3.63, 3.8) is 0 Å². The van der Waals surface area contributed by atoms with E-state index in [2.05, 4.69) is 16.4 Å². The fourth-order valence-corrected chi connectivity index (χ4v) is 3.99. The Morgan fingerprint density at radius 2 is 2.00 bits per heavy atom. The fraction of sp³-hybridized carbons (Fsp3) is 0.368. The van der Waals surface area contributed by atoms with Crippen LogP contribution in [0.2, 0.25) is 0 Å². The summed E-state index contributed by atoms with van der Waals surface area (Å²) in [7, 11) is -3.53. The highest BCUT2D eigenvalue weighted by atomic mass is 32.2. The van der Waals surface area contributed by atoms with E-state index >= 15 is 0 Å². The van der Waals surface area contributed by atoms with E-state index in [0.717, 1.165) is 35.4 Å². The summed E-state index contributed by atoms with van der Waals surface area (Å²) in [6.45, 7) is -0.136. The number of hydrogen-bond donors (Lipinski definition) is 1. The van der Waals surface area contributed by atoms with Crippen LogP contribution < -0.4 is 5.32 Å². The van der Waals surface area contributed by atoms with Crippen LogP contribution in [0.15, 0.2) is 48.7 Å². The molecule has 0 fully saturated rings. The second-order valence-corrected chi connectivity index (χ2v) is 8.55. The maximum Gasteiger partial charge on any atom is 0.235 e. The summed E-state index contributed by atoms with van der Waals surface area (Å²) >= 11 is 0. The van der Waals surface area contributed by atoms with Gasteiger partial charge in [-0.15, -0.1) is 0 Å². The summed E-state index contributed by atoms with van der Waals surface area (Å²) in [5.74, 6) is -0.298. The largest absolute Gasteiger partial charge is 0.348 e. The van der Waals surface area contributed by atoms with Crippen LogP contribution in [0.1, 0.15) is 35.7 Å². The predicted octanol–water partition coefficient (Wildman–Crippen LogP) is 2.04. The van der Waals surface area contributed by atoms with Crippen molar-refractivity contribution in [1.82, 2.24) is 14.6 Å². The van der Waals surface area contributed by atoms with Crippen LogP contribution in [0.4, 0.5) is 0 Å². The van der Waals surface area contributed by atoms with Crippen LogP contribution in [0.3, 0.4) is 0 Å². The van der Waals surface area contributed by atoms with Crippen LogP contribution >= 0.6 is 0 Å². The lowest BCUT2D eigenvalue weighted by Gasteiger charge is -2.27. The lowest BCUT2D eigenvalue weighted by atomic mass is 9.88. The molecular formula is C19H23N3O3S. The van der Waals surface area contributed by atoms with E-state index in [-0.39, 0.29) is 25.0 Å². The van der Waals surface area contributed by atoms with Gasteiger partial charge >= 0.3 is 0 Å². The van der Waals surface area contributed by atoms with Gasteiger partial charge in [-0.1, -0.05) is 30.3 Å². The van der Waals surface area contributed by atoms with Gasteiger partial charge < -0.3 is 5.32 Å². The molecule has 0 aliphatic heterocycles. The number of carbonyl (C=O) groups excluding carboxylic acids is 1. The lowest BCUT2D eigenvalue weighted by Crippen LogP contribution is -2.41. The van der Waals surface area contributed by atoms with E-state index in [4.69, 9.17) is 0 Å². The maximum absolute atomic E-state index is 12.5. The standard InChI is InChI=1S/C19H23N3O3S/c1-26(24,25)22(13-16-9-4-5-12-20-16)14-19(23)21-18-11-6-8-15-7-2-3-10-17(15)18/h2-5,7,9-10,12,18H,6,8,11,13-14H2,1H3,(H,21,23)/t18-/m0/s1. The topological polar surface area (TPSA) is 79.4 Å². The number of hydrogen-bond acceptors (Lipinski definition) is 4. The molecule has 7 heteroatoms. The number of nitrogens with one attached hydrogen (secondary N) is 1. The van der Waals surface area contributed by atoms with Gasteiger partial charge in [0.1, 0.15) is 0 Å². The third-order valence-corrected chi connectivity index (χ3v) is 5.75. The first-order valence-electron chi connectivity index (χ1n) is 8.65. The lowest BCUT2D eigenvalue weighted by molar-refractivity contribution is -0.122. The predicted molar refractivity (Wildman–Crippen MR) is 99.8 cm³/mol. The number of aromatic nitrogens is 1. The number of amides is 1. The highest BCUT2D eigenvalue weighted by Gasteiger charge is 2.25. The van der Waals surface area contributed by atoms with Gasteiger partial charge in [0.2, 0.25) is 15.9 Å². The first-order valence-corrected chi connectivity index (χ1v) is 10.5. The molecule has 1 N–H and O–H groups in total. The quantitative estimate of drug-likeness (QED) is 0.840. The van der Waals surface area contributed by atoms with Crippen LogP contribution in [-0.2, 0) is 27.8 Å².